The Balaban J connectivity index is 2.32. The highest BCUT2D eigenvalue weighted by Crippen LogP contribution is 2.51. The summed E-state index contributed by atoms with van der Waals surface area (Å²) in [5, 5.41) is 2.96. The van der Waals surface area contributed by atoms with Gasteiger partial charge in [0, 0.05) is 5.69 Å². The van der Waals surface area contributed by atoms with E-state index in [-0.39, 0.29) is 0 Å². The van der Waals surface area contributed by atoms with Crippen LogP contribution < -0.4 is 5.32 Å². The minimum Gasteiger partial charge on any atom is -0.368 e. The average molecular weight is 319 g/mol. The first kappa shape index (κ1) is 16.8. The standard InChI is InChI=1S/C17H22NO3P/c1-12(2)14-7-9-15(10-8-14)17(22(19,20)21)18-16-6-4-5-13(3)11-16/h4-12,17-18H,1-3H3,(H2,19,20,21)/t17-/m0/s1. The normalized spacial score (nSPS) is 13.2. The van der Waals surface area contributed by atoms with Crippen LogP contribution in [0.25, 0.3) is 0 Å². The van der Waals surface area contributed by atoms with Crippen LogP contribution in [0.5, 0.6) is 0 Å². The fraction of sp³-hybridized carbons (Fsp3) is 0.294. The lowest BCUT2D eigenvalue weighted by Crippen LogP contribution is -2.11. The van der Waals surface area contributed by atoms with Crippen LogP contribution in [-0.2, 0) is 4.57 Å². The monoisotopic (exact) mass is 319 g/mol. The fourth-order valence-corrected chi connectivity index (χ4v) is 3.20. The Bertz CT molecular complexity index is 677. The second-order valence-corrected chi connectivity index (χ2v) is 7.52. The van der Waals surface area contributed by atoms with Crippen molar-refractivity contribution in [1.82, 2.24) is 0 Å². The molecule has 4 nitrogen and oxygen atoms in total. The van der Waals surface area contributed by atoms with Crippen LogP contribution in [0, 0.1) is 6.92 Å². The molecule has 0 radical (unpaired) electrons. The summed E-state index contributed by atoms with van der Waals surface area (Å²) in [6.45, 7) is 6.11. The zero-order valence-corrected chi connectivity index (χ0v) is 13.9. The van der Waals surface area contributed by atoms with Gasteiger partial charge in [0.2, 0.25) is 0 Å². The highest BCUT2D eigenvalue weighted by molar-refractivity contribution is 7.52. The van der Waals surface area contributed by atoms with Crippen LogP contribution in [0.2, 0.25) is 0 Å². The third-order valence-corrected chi connectivity index (χ3v) is 4.68. The molecular formula is C17H22NO3P. The Hall–Kier alpha value is -1.61. The van der Waals surface area contributed by atoms with E-state index in [1.165, 1.54) is 0 Å². The maximum Gasteiger partial charge on any atom is 0.352 e. The van der Waals surface area contributed by atoms with Crippen molar-refractivity contribution in [3.05, 3.63) is 65.2 Å². The number of anilines is 1. The largest absolute Gasteiger partial charge is 0.368 e. The van der Waals surface area contributed by atoms with Crippen LogP contribution in [0.1, 0.15) is 42.2 Å². The number of aryl methyl sites for hydroxylation is 1. The molecule has 0 fully saturated rings. The van der Waals surface area contributed by atoms with Crippen molar-refractivity contribution in [2.24, 2.45) is 0 Å². The molecule has 2 rings (SSSR count). The molecule has 0 bridgehead atoms. The smallest absolute Gasteiger partial charge is 0.352 e. The van der Waals surface area contributed by atoms with E-state index >= 15 is 0 Å². The highest BCUT2D eigenvalue weighted by atomic mass is 31.2. The zero-order chi connectivity index (χ0) is 16.3. The van der Waals surface area contributed by atoms with Crippen molar-refractivity contribution in [2.45, 2.75) is 32.5 Å². The number of rotatable bonds is 5. The van der Waals surface area contributed by atoms with Crippen molar-refractivity contribution >= 4 is 13.3 Å². The van der Waals surface area contributed by atoms with Crippen molar-refractivity contribution in [3.63, 3.8) is 0 Å². The predicted octanol–water partition coefficient (Wildman–Crippen LogP) is 4.41. The van der Waals surface area contributed by atoms with Gasteiger partial charge in [0.25, 0.3) is 0 Å². The van der Waals surface area contributed by atoms with E-state index in [2.05, 4.69) is 19.2 Å². The molecule has 3 N–H and O–H groups in total. The first-order chi connectivity index (χ1) is 10.3. The third-order valence-electron chi connectivity index (χ3n) is 3.58. The van der Waals surface area contributed by atoms with Crippen molar-refractivity contribution in [3.8, 4) is 0 Å². The summed E-state index contributed by atoms with van der Waals surface area (Å²) < 4.78 is 11.9. The van der Waals surface area contributed by atoms with E-state index in [1.54, 1.807) is 18.2 Å². The zero-order valence-electron chi connectivity index (χ0n) is 13.0. The topological polar surface area (TPSA) is 69.6 Å². The molecule has 0 spiro atoms. The molecule has 0 amide bonds. The lowest BCUT2D eigenvalue weighted by molar-refractivity contribution is 0.363. The first-order valence-corrected chi connectivity index (χ1v) is 8.94. The Kier molecular flexibility index (Phi) is 5.07. The summed E-state index contributed by atoms with van der Waals surface area (Å²) in [5.74, 6) is -0.664. The van der Waals surface area contributed by atoms with E-state index in [0.717, 1.165) is 11.1 Å². The van der Waals surface area contributed by atoms with Gasteiger partial charge in [-0.15, -0.1) is 0 Å². The van der Waals surface area contributed by atoms with E-state index in [9.17, 15) is 14.4 Å². The molecule has 2 aromatic rings. The van der Waals surface area contributed by atoms with Crippen LogP contribution in [0.4, 0.5) is 5.69 Å². The Morgan fingerprint density at radius 1 is 1.00 bits per heavy atom. The number of hydrogen-bond donors (Lipinski definition) is 3. The molecule has 22 heavy (non-hydrogen) atoms. The quantitative estimate of drug-likeness (QED) is 0.714. The summed E-state index contributed by atoms with van der Waals surface area (Å²) in [7, 11) is -4.33. The molecule has 0 aliphatic carbocycles. The van der Waals surface area contributed by atoms with E-state index in [4.69, 9.17) is 0 Å². The van der Waals surface area contributed by atoms with Gasteiger partial charge >= 0.3 is 7.60 Å². The molecular weight excluding hydrogens is 297 g/mol. The van der Waals surface area contributed by atoms with Crippen molar-refractivity contribution in [2.75, 3.05) is 5.32 Å². The predicted molar refractivity (Wildman–Crippen MR) is 90.1 cm³/mol. The molecule has 5 heteroatoms. The second-order valence-electron chi connectivity index (χ2n) is 5.83. The number of hydrogen-bond acceptors (Lipinski definition) is 2. The van der Waals surface area contributed by atoms with Crippen LogP contribution in [0.3, 0.4) is 0 Å². The van der Waals surface area contributed by atoms with E-state index in [1.807, 2.05) is 37.3 Å². The van der Waals surface area contributed by atoms with Crippen molar-refractivity contribution < 1.29 is 14.4 Å². The van der Waals surface area contributed by atoms with Gasteiger partial charge in [0.1, 0.15) is 0 Å². The van der Waals surface area contributed by atoms with Gasteiger partial charge < -0.3 is 15.1 Å². The molecule has 0 heterocycles. The van der Waals surface area contributed by atoms with Gasteiger partial charge in [-0.05, 0) is 41.7 Å². The second kappa shape index (κ2) is 6.66. The van der Waals surface area contributed by atoms with Crippen LogP contribution in [-0.4, -0.2) is 9.79 Å². The fourth-order valence-electron chi connectivity index (χ4n) is 2.32. The minimum atomic E-state index is -4.33. The number of benzene rings is 2. The molecule has 0 aliphatic rings. The molecule has 118 valence electrons. The third kappa shape index (κ3) is 4.20. The maximum absolute atomic E-state index is 11.9. The van der Waals surface area contributed by atoms with Gasteiger partial charge in [-0.1, -0.05) is 50.2 Å². The number of nitrogens with one attached hydrogen (secondary N) is 1. The van der Waals surface area contributed by atoms with Gasteiger partial charge in [0.15, 0.2) is 5.78 Å². The minimum absolute atomic E-state index is 0.382. The molecule has 0 saturated carbocycles. The Morgan fingerprint density at radius 2 is 1.59 bits per heavy atom. The summed E-state index contributed by atoms with van der Waals surface area (Å²) >= 11 is 0. The summed E-state index contributed by atoms with van der Waals surface area (Å²) in [6, 6.07) is 14.9. The summed E-state index contributed by atoms with van der Waals surface area (Å²) in [5.41, 5.74) is 3.45. The Morgan fingerprint density at radius 3 is 2.09 bits per heavy atom. The van der Waals surface area contributed by atoms with Gasteiger partial charge in [-0.2, -0.15) is 0 Å². The van der Waals surface area contributed by atoms with Crippen LogP contribution >= 0.6 is 7.60 Å². The van der Waals surface area contributed by atoms with Gasteiger partial charge in [-0.25, -0.2) is 0 Å². The summed E-state index contributed by atoms with van der Waals surface area (Å²) in [4.78, 5) is 19.4. The maximum atomic E-state index is 11.9. The highest BCUT2D eigenvalue weighted by Gasteiger charge is 2.30. The lowest BCUT2D eigenvalue weighted by Gasteiger charge is -2.22. The van der Waals surface area contributed by atoms with Gasteiger partial charge in [-0.3, -0.25) is 4.57 Å². The molecule has 2 aromatic carbocycles. The van der Waals surface area contributed by atoms with E-state index < -0.39 is 13.4 Å². The first-order valence-electron chi connectivity index (χ1n) is 7.25. The molecule has 0 aromatic heterocycles. The lowest BCUT2D eigenvalue weighted by atomic mass is 10.0. The van der Waals surface area contributed by atoms with Gasteiger partial charge in [0.05, 0.1) is 0 Å². The average Bonchev–Trinajstić information content (AvgIpc) is 2.44. The molecule has 1 atom stereocenters. The summed E-state index contributed by atoms with van der Waals surface area (Å²) in [6.07, 6.45) is 0. The Labute approximate surface area is 131 Å². The molecule has 0 unspecified atom stereocenters. The van der Waals surface area contributed by atoms with Crippen LogP contribution in [0.15, 0.2) is 48.5 Å². The molecule has 0 aliphatic heterocycles. The molecule has 0 saturated heterocycles. The van der Waals surface area contributed by atoms with Crippen molar-refractivity contribution in [1.29, 1.82) is 0 Å². The van der Waals surface area contributed by atoms with E-state index in [0.29, 0.717) is 17.2 Å². The SMILES string of the molecule is Cc1cccc(N[C@H](c2ccc(C(C)C)cc2)P(=O)(O)O)c1.